The summed E-state index contributed by atoms with van der Waals surface area (Å²) in [5, 5.41) is 0. The van der Waals surface area contributed by atoms with Gasteiger partial charge in [-0.05, 0) is 17.2 Å². The molecule has 0 bridgehead atoms. The minimum Gasteiger partial charge on any atom is -0.458 e. The molecule has 0 radical (unpaired) electrons. The van der Waals surface area contributed by atoms with Crippen molar-refractivity contribution < 1.29 is 9.47 Å². The Labute approximate surface area is 70.5 Å². The minimum atomic E-state index is 0.380. The topological polar surface area (TPSA) is 18.5 Å². The Morgan fingerprint density at radius 1 is 1.25 bits per heavy atom. The van der Waals surface area contributed by atoms with Crippen molar-refractivity contribution in [1.82, 2.24) is 0 Å². The van der Waals surface area contributed by atoms with Crippen molar-refractivity contribution in [2.75, 3.05) is 6.79 Å². The molecule has 0 atom stereocenters. The van der Waals surface area contributed by atoms with Gasteiger partial charge in [0.15, 0.2) is 5.76 Å². The molecule has 2 aliphatic carbocycles. The van der Waals surface area contributed by atoms with Gasteiger partial charge in [-0.1, -0.05) is 18.2 Å². The first kappa shape index (κ1) is 6.12. The van der Waals surface area contributed by atoms with Crippen LogP contribution in [0.3, 0.4) is 0 Å². The van der Waals surface area contributed by atoms with E-state index in [1.54, 1.807) is 0 Å². The molecule has 1 heterocycles. The van der Waals surface area contributed by atoms with Gasteiger partial charge in [-0.3, -0.25) is 0 Å². The smallest absolute Gasteiger partial charge is 0.230 e. The van der Waals surface area contributed by atoms with E-state index in [4.69, 9.17) is 9.47 Å². The predicted molar refractivity (Wildman–Crippen MR) is 44.0 cm³/mol. The molecule has 0 unspecified atom stereocenters. The van der Waals surface area contributed by atoms with Gasteiger partial charge in [0.2, 0.25) is 6.79 Å². The molecule has 0 N–H and O–H groups in total. The average Bonchev–Trinajstić information content (AvgIpc) is 2.64. The van der Waals surface area contributed by atoms with E-state index in [1.807, 2.05) is 6.08 Å². The normalized spacial score (nSPS) is 24.0. The summed E-state index contributed by atoms with van der Waals surface area (Å²) in [6.07, 6.45) is 9.21. The molecule has 12 heavy (non-hydrogen) atoms. The van der Waals surface area contributed by atoms with E-state index in [1.165, 1.54) is 11.1 Å². The zero-order valence-electron chi connectivity index (χ0n) is 6.54. The second-order valence-corrected chi connectivity index (χ2v) is 3.02. The summed E-state index contributed by atoms with van der Waals surface area (Å²) >= 11 is 0. The highest BCUT2D eigenvalue weighted by atomic mass is 16.7. The van der Waals surface area contributed by atoms with Crippen LogP contribution in [-0.2, 0) is 9.47 Å². The van der Waals surface area contributed by atoms with Gasteiger partial charge >= 0.3 is 0 Å². The zero-order valence-corrected chi connectivity index (χ0v) is 6.54. The molecule has 0 saturated carbocycles. The van der Waals surface area contributed by atoms with Gasteiger partial charge in [0.05, 0.1) is 0 Å². The molecule has 0 aromatic carbocycles. The number of hydrogen-bond donors (Lipinski definition) is 0. The lowest BCUT2D eigenvalue weighted by atomic mass is 9.99. The van der Waals surface area contributed by atoms with Crippen molar-refractivity contribution in [3.63, 3.8) is 0 Å². The van der Waals surface area contributed by atoms with Crippen LogP contribution in [0.4, 0.5) is 0 Å². The van der Waals surface area contributed by atoms with Gasteiger partial charge in [0, 0.05) is 6.42 Å². The van der Waals surface area contributed by atoms with Crippen molar-refractivity contribution in [3.05, 3.63) is 47.0 Å². The quantitative estimate of drug-likeness (QED) is 0.539. The van der Waals surface area contributed by atoms with Crippen molar-refractivity contribution in [2.24, 2.45) is 0 Å². The maximum atomic E-state index is 5.31. The van der Waals surface area contributed by atoms with Crippen LogP contribution in [-0.4, -0.2) is 6.79 Å². The molecule has 2 nitrogen and oxygen atoms in total. The summed E-state index contributed by atoms with van der Waals surface area (Å²) in [5.74, 6) is 1.89. The minimum absolute atomic E-state index is 0.380. The molecule has 0 aromatic rings. The fourth-order valence-corrected chi connectivity index (χ4v) is 1.66. The number of fused-ring (bicyclic) bond motifs is 1. The Bertz CT molecular complexity index is 356. The zero-order chi connectivity index (χ0) is 7.97. The summed E-state index contributed by atoms with van der Waals surface area (Å²) in [6, 6.07) is 0. The fourth-order valence-electron chi connectivity index (χ4n) is 1.66. The van der Waals surface area contributed by atoms with E-state index in [-0.39, 0.29) is 0 Å². The summed E-state index contributed by atoms with van der Waals surface area (Å²) in [7, 11) is 0. The molecular weight excluding hydrogens is 152 g/mol. The predicted octanol–water partition coefficient (Wildman–Crippen LogP) is 2.03. The third kappa shape index (κ3) is 0.694. The lowest BCUT2D eigenvalue weighted by Gasteiger charge is -2.10. The third-order valence-electron chi connectivity index (χ3n) is 2.30. The summed E-state index contributed by atoms with van der Waals surface area (Å²) in [6.45, 7) is 0.380. The maximum Gasteiger partial charge on any atom is 0.230 e. The number of allylic oxidation sites excluding steroid dienone is 6. The number of rotatable bonds is 0. The van der Waals surface area contributed by atoms with Gasteiger partial charge in [-0.25, -0.2) is 0 Å². The fraction of sp³-hybridized carbons (Fsp3) is 0.200. The highest BCUT2D eigenvalue weighted by Crippen LogP contribution is 2.35. The average molecular weight is 160 g/mol. The number of hydrogen-bond acceptors (Lipinski definition) is 2. The van der Waals surface area contributed by atoms with Gasteiger partial charge < -0.3 is 9.47 Å². The van der Waals surface area contributed by atoms with Crippen molar-refractivity contribution >= 4 is 0 Å². The molecule has 0 spiro atoms. The number of ether oxygens (including phenoxy) is 2. The molecule has 60 valence electrons. The molecular formula is C10H8O2. The van der Waals surface area contributed by atoms with E-state index in [2.05, 4.69) is 18.2 Å². The molecule has 0 fully saturated rings. The molecule has 0 aromatic heterocycles. The monoisotopic (exact) mass is 160 g/mol. The Hall–Kier alpha value is -1.44. The van der Waals surface area contributed by atoms with E-state index < -0.39 is 0 Å². The van der Waals surface area contributed by atoms with E-state index >= 15 is 0 Å². The van der Waals surface area contributed by atoms with Crippen LogP contribution in [0.15, 0.2) is 47.0 Å². The van der Waals surface area contributed by atoms with Crippen LogP contribution in [0.1, 0.15) is 6.42 Å². The van der Waals surface area contributed by atoms with E-state index in [9.17, 15) is 0 Å². The van der Waals surface area contributed by atoms with Crippen LogP contribution in [0.5, 0.6) is 0 Å². The van der Waals surface area contributed by atoms with Crippen LogP contribution >= 0.6 is 0 Å². The second kappa shape index (κ2) is 2.03. The van der Waals surface area contributed by atoms with Crippen LogP contribution < -0.4 is 0 Å². The van der Waals surface area contributed by atoms with Gasteiger partial charge in [-0.15, -0.1) is 0 Å². The van der Waals surface area contributed by atoms with E-state index in [0.717, 1.165) is 17.9 Å². The molecule has 0 amide bonds. The first-order valence-electron chi connectivity index (χ1n) is 4.01. The highest BCUT2D eigenvalue weighted by molar-refractivity contribution is 5.55. The Morgan fingerprint density at radius 3 is 3.25 bits per heavy atom. The molecule has 2 heteroatoms. The lowest BCUT2D eigenvalue weighted by molar-refractivity contribution is 0.0736. The standard InChI is InChI=1S/C10H8O2/c1-2-7-4-9-10(12-6-11-9)5-8(7)3-1/h1-4H,5-6H2. The van der Waals surface area contributed by atoms with Crippen LogP contribution in [0.25, 0.3) is 0 Å². The molecule has 1 aliphatic heterocycles. The van der Waals surface area contributed by atoms with Crippen LogP contribution in [0, 0.1) is 0 Å². The first-order chi connectivity index (χ1) is 5.93. The van der Waals surface area contributed by atoms with Crippen molar-refractivity contribution in [2.45, 2.75) is 6.42 Å². The second-order valence-electron chi connectivity index (χ2n) is 3.02. The molecule has 3 aliphatic rings. The Morgan fingerprint density at radius 2 is 2.25 bits per heavy atom. The largest absolute Gasteiger partial charge is 0.458 e. The first-order valence-corrected chi connectivity index (χ1v) is 4.01. The van der Waals surface area contributed by atoms with Crippen molar-refractivity contribution in [1.29, 1.82) is 0 Å². The Balaban J connectivity index is 2.08. The summed E-state index contributed by atoms with van der Waals surface area (Å²) in [4.78, 5) is 0. The molecule has 3 rings (SSSR count). The maximum absolute atomic E-state index is 5.31. The van der Waals surface area contributed by atoms with Gasteiger partial charge in [-0.2, -0.15) is 0 Å². The SMILES string of the molecule is C1=CC2=CC3=C(CC2=C1)OCO3. The summed E-state index contributed by atoms with van der Waals surface area (Å²) in [5.41, 5.74) is 2.60. The van der Waals surface area contributed by atoms with Gasteiger partial charge in [0.25, 0.3) is 0 Å². The van der Waals surface area contributed by atoms with Gasteiger partial charge in [0.1, 0.15) is 5.76 Å². The summed E-state index contributed by atoms with van der Waals surface area (Å²) < 4.78 is 10.6. The third-order valence-corrected chi connectivity index (χ3v) is 2.30. The van der Waals surface area contributed by atoms with Crippen molar-refractivity contribution in [3.8, 4) is 0 Å². The lowest BCUT2D eigenvalue weighted by Crippen LogP contribution is -1.96. The van der Waals surface area contributed by atoms with E-state index in [0.29, 0.717) is 6.79 Å². The molecule has 0 saturated heterocycles. The highest BCUT2D eigenvalue weighted by Gasteiger charge is 2.24. The van der Waals surface area contributed by atoms with Crippen LogP contribution in [0.2, 0.25) is 0 Å². The Kier molecular flexibility index (Phi) is 1.04.